The van der Waals surface area contributed by atoms with Crippen LogP contribution in [0.4, 0.5) is 4.79 Å². The Bertz CT molecular complexity index is 606. The SMILES string of the molecule is C=CCC1CN(C(=O)OC(C)(C)C)C[C@H]1C(=O)OCc1ccccc1. The minimum Gasteiger partial charge on any atom is -0.461 e. The molecule has 1 amide bonds. The molecule has 0 N–H and O–H groups in total. The minimum atomic E-state index is -0.559. The summed E-state index contributed by atoms with van der Waals surface area (Å²) in [6, 6.07) is 9.56. The van der Waals surface area contributed by atoms with E-state index in [-0.39, 0.29) is 30.5 Å². The normalized spacial score (nSPS) is 20.2. The van der Waals surface area contributed by atoms with E-state index < -0.39 is 5.60 Å². The van der Waals surface area contributed by atoms with Gasteiger partial charge in [-0.1, -0.05) is 36.4 Å². The molecule has 1 aromatic rings. The zero-order chi connectivity index (χ0) is 18.4. The van der Waals surface area contributed by atoms with Gasteiger partial charge in [-0.15, -0.1) is 6.58 Å². The molecule has 0 bridgehead atoms. The Kier molecular flexibility index (Phi) is 6.23. The van der Waals surface area contributed by atoms with E-state index in [0.29, 0.717) is 19.5 Å². The highest BCUT2D eigenvalue weighted by Gasteiger charge is 2.41. The third-order valence-electron chi connectivity index (χ3n) is 4.09. The molecule has 2 atom stereocenters. The predicted octanol–water partition coefficient (Wildman–Crippen LogP) is 3.79. The van der Waals surface area contributed by atoms with Gasteiger partial charge in [0.15, 0.2) is 0 Å². The van der Waals surface area contributed by atoms with Crippen LogP contribution in [0.1, 0.15) is 32.8 Å². The lowest BCUT2D eigenvalue weighted by Gasteiger charge is -2.24. The van der Waals surface area contributed by atoms with Crippen molar-refractivity contribution in [3.8, 4) is 0 Å². The molecule has 1 aliphatic heterocycles. The maximum atomic E-state index is 12.5. The summed E-state index contributed by atoms with van der Waals surface area (Å²) in [4.78, 5) is 26.4. The van der Waals surface area contributed by atoms with Crippen molar-refractivity contribution in [3.63, 3.8) is 0 Å². The monoisotopic (exact) mass is 345 g/mol. The first-order valence-electron chi connectivity index (χ1n) is 8.59. The second-order valence-corrected chi connectivity index (χ2v) is 7.37. The van der Waals surface area contributed by atoms with Gasteiger partial charge in [0.05, 0.1) is 5.92 Å². The number of hydrogen-bond donors (Lipinski definition) is 0. The Morgan fingerprint density at radius 2 is 1.92 bits per heavy atom. The van der Waals surface area contributed by atoms with Crippen LogP contribution in [0.15, 0.2) is 43.0 Å². The van der Waals surface area contributed by atoms with E-state index in [2.05, 4.69) is 6.58 Å². The van der Waals surface area contributed by atoms with Gasteiger partial charge in [-0.3, -0.25) is 4.79 Å². The maximum Gasteiger partial charge on any atom is 0.410 e. The van der Waals surface area contributed by atoms with E-state index in [0.717, 1.165) is 5.56 Å². The van der Waals surface area contributed by atoms with Crippen LogP contribution < -0.4 is 0 Å². The second-order valence-electron chi connectivity index (χ2n) is 7.37. The van der Waals surface area contributed by atoms with Crippen molar-refractivity contribution >= 4 is 12.1 Å². The zero-order valence-electron chi connectivity index (χ0n) is 15.2. The summed E-state index contributed by atoms with van der Waals surface area (Å²) in [6.45, 7) is 10.3. The number of rotatable bonds is 5. The van der Waals surface area contributed by atoms with Crippen molar-refractivity contribution in [2.75, 3.05) is 13.1 Å². The number of ether oxygens (including phenoxy) is 2. The van der Waals surface area contributed by atoms with Crippen molar-refractivity contribution in [3.05, 3.63) is 48.6 Å². The molecule has 5 nitrogen and oxygen atoms in total. The summed E-state index contributed by atoms with van der Waals surface area (Å²) in [7, 11) is 0. The number of likely N-dealkylation sites (tertiary alicyclic amines) is 1. The van der Waals surface area contributed by atoms with E-state index in [4.69, 9.17) is 9.47 Å². The Balaban J connectivity index is 1.98. The molecule has 0 aromatic heterocycles. The standard InChI is InChI=1S/C20H27NO4/c1-5-9-16-12-21(19(23)25-20(2,3)4)13-17(16)18(22)24-14-15-10-7-6-8-11-15/h5-8,10-11,16-17H,1,9,12-14H2,2-4H3/t16?,17-/m1/s1. The van der Waals surface area contributed by atoms with Crippen molar-refractivity contribution in [2.24, 2.45) is 11.8 Å². The number of allylic oxidation sites excluding steroid dienone is 1. The van der Waals surface area contributed by atoms with E-state index in [1.54, 1.807) is 11.0 Å². The number of nitrogens with zero attached hydrogens (tertiary/aromatic N) is 1. The van der Waals surface area contributed by atoms with Crippen LogP contribution in [-0.4, -0.2) is 35.7 Å². The third kappa shape index (κ3) is 5.62. The number of benzene rings is 1. The van der Waals surface area contributed by atoms with Gasteiger partial charge in [-0.25, -0.2) is 4.79 Å². The molecule has 1 unspecified atom stereocenters. The molecule has 1 aromatic carbocycles. The molecule has 2 rings (SSSR count). The Morgan fingerprint density at radius 3 is 2.52 bits per heavy atom. The highest BCUT2D eigenvalue weighted by molar-refractivity contribution is 5.76. The molecular formula is C20H27NO4. The van der Waals surface area contributed by atoms with Crippen molar-refractivity contribution < 1.29 is 19.1 Å². The highest BCUT2D eigenvalue weighted by Crippen LogP contribution is 2.29. The van der Waals surface area contributed by atoms with E-state index in [1.807, 2.05) is 51.1 Å². The topological polar surface area (TPSA) is 55.8 Å². The number of amides is 1. The molecule has 25 heavy (non-hydrogen) atoms. The van der Waals surface area contributed by atoms with E-state index in [9.17, 15) is 9.59 Å². The summed E-state index contributed by atoms with van der Waals surface area (Å²) in [5.41, 5.74) is 0.384. The summed E-state index contributed by atoms with van der Waals surface area (Å²) < 4.78 is 10.9. The van der Waals surface area contributed by atoms with Crippen LogP contribution in [0.2, 0.25) is 0 Å². The molecule has 136 valence electrons. The van der Waals surface area contributed by atoms with Gasteiger partial charge in [-0.2, -0.15) is 0 Å². The molecule has 0 saturated carbocycles. The summed E-state index contributed by atoms with van der Waals surface area (Å²) in [5, 5.41) is 0. The third-order valence-corrected chi connectivity index (χ3v) is 4.09. The number of carbonyl (C=O) groups is 2. The molecule has 0 aliphatic carbocycles. The molecule has 1 fully saturated rings. The average Bonchev–Trinajstić information content (AvgIpc) is 2.97. The first-order chi connectivity index (χ1) is 11.8. The van der Waals surface area contributed by atoms with Gasteiger partial charge in [0.25, 0.3) is 0 Å². The summed E-state index contributed by atoms with van der Waals surface area (Å²) in [6.07, 6.45) is 2.05. The van der Waals surface area contributed by atoms with Gasteiger partial charge in [0.1, 0.15) is 12.2 Å². The Hall–Kier alpha value is -2.30. The lowest BCUT2D eigenvalue weighted by molar-refractivity contribution is -0.150. The fourth-order valence-corrected chi connectivity index (χ4v) is 2.90. The fraction of sp³-hybridized carbons (Fsp3) is 0.500. The fourth-order valence-electron chi connectivity index (χ4n) is 2.90. The lowest BCUT2D eigenvalue weighted by atomic mass is 9.93. The molecule has 0 radical (unpaired) electrons. The van der Waals surface area contributed by atoms with Crippen LogP contribution in [0, 0.1) is 11.8 Å². The van der Waals surface area contributed by atoms with Gasteiger partial charge in [0.2, 0.25) is 0 Å². The Morgan fingerprint density at radius 1 is 1.24 bits per heavy atom. The quantitative estimate of drug-likeness (QED) is 0.602. The molecule has 5 heteroatoms. The van der Waals surface area contributed by atoms with Crippen LogP contribution in [0.5, 0.6) is 0 Å². The molecule has 1 heterocycles. The summed E-state index contributed by atoms with van der Waals surface area (Å²) >= 11 is 0. The first-order valence-corrected chi connectivity index (χ1v) is 8.59. The van der Waals surface area contributed by atoms with Crippen LogP contribution in [0.3, 0.4) is 0 Å². The zero-order valence-corrected chi connectivity index (χ0v) is 15.2. The van der Waals surface area contributed by atoms with Gasteiger partial charge in [0, 0.05) is 13.1 Å². The number of carbonyl (C=O) groups excluding carboxylic acids is 2. The highest BCUT2D eigenvalue weighted by atomic mass is 16.6. The van der Waals surface area contributed by atoms with Crippen LogP contribution in [-0.2, 0) is 20.9 Å². The minimum absolute atomic E-state index is 0.00768. The van der Waals surface area contributed by atoms with Gasteiger partial charge < -0.3 is 14.4 Å². The molecule has 1 aliphatic rings. The lowest BCUT2D eigenvalue weighted by Crippen LogP contribution is -2.36. The number of esters is 1. The Labute approximate surface area is 149 Å². The molecular weight excluding hydrogens is 318 g/mol. The van der Waals surface area contributed by atoms with Crippen LogP contribution in [0.25, 0.3) is 0 Å². The first kappa shape index (κ1) is 19.0. The largest absolute Gasteiger partial charge is 0.461 e. The molecule has 1 saturated heterocycles. The van der Waals surface area contributed by atoms with E-state index in [1.165, 1.54) is 0 Å². The number of hydrogen-bond acceptors (Lipinski definition) is 4. The van der Waals surface area contributed by atoms with Crippen molar-refractivity contribution in [1.29, 1.82) is 0 Å². The predicted molar refractivity (Wildman–Crippen MR) is 95.8 cm³/mol. The summed E-state index contributed by atoms with van der Waals surface area (Å²) in [5.74, 6) is -0.621. The maximum absolute atomic E-state index is 12.5. The van der Waals surface area contributed by atoms with Gasteiger partial charge in [-0.05, 0) is 38.7 Å². The van der Waals surface area contributed by atoms with Gasteiger partial charge >= 0.3 is 12.1 Å². The second kappa shape index (κ2) is 8.19. The van der Waals surface area contributed by atoms with E-state index >= 15 is 0 Å². The van der Waals surface area contributed by atoms with Crippen molar-refractivity contribution in [2.45, 2.75) is 39.4 Å². The average molecular weight is 345 g/mol. The van der Waals surface area contributed by atoms with Crippen LogP contribution >= 0.6 is 0 Å². The van der Waals surface area contributed by atoms with Crippen molar-refractivity contribution in [1.82, 2.24) is 4.90 Å². The smallest absolute Gasteiger partial charge is 0.410 e. The molecule has 0 spiro atoms.